The molecule has 1 aromatic rings. The van der Waals surface area contributed by atoms with Gasteiger partial charge in [-0.2, -0.15) is 0 Å². The van der Waals surface area contributed by atoms with E-state index in [-0.39, 0.29) is 0 Å². The first-order chi connectivity index (χ1) is 8.61. The Morgan fingerprint density at radius 1 is 1.44 bits per heavy atom. The van der Waals surface area contributed by atoms with Gasteiger partial charge in [0.05, 0.1) is 13.2 Å². The summed E-state index contributed by atoms with van der Waals surface area (Å²) in [6.45, 7) is -0.632. The van der Waals surface area contributed by atoms with Gasteiger partial charge in [-0.05, 0) is 36.1 Å². The minimum atomic E-state index is -2.51. The topological polar surface area (TPSA) is 38.7 Å². The second kappa shape index (κ2) is 5.63. The van der Waals surface area contributed by atoms with Gasteiger partial charge >= 0.3 is 0 Å². The van der Waals surface area contributed by atoms with Crippen LogP contribution in [0.2, 0.25) is 0 Å². The van der Waals surface area contributed by atoms with Crippen molar-refractivity contribution in [2.75, 3.05) is 13.7 Å². The average molecular weight is 258 g/mol. The van der Waals surface area contributed by atoms with Gasteiger partial charge in [-0.1, -0.05) is 6.07 Å². The normalized spacial score (nSPS) is 22.9. The molecular formula is C13H16F2O3. The summed E-state index contributed by atoms with van der Waals surface area (Å²) in [6.07, 6.45) is -2.68. The molecule has 0 heterocycles. The van der Waals surface area contributed by atoms with Crippen molar-refractivity contribution in [2.45, 2.75) is 31.5 Å². The van der Waals surface area contributed by atoms with Crippen molar-refractivity contribution in [3.8, 4) is 5.75 Å². The molecule has 1 aliphatic rings. The number of alkyl halides is 2. The van der Waals surface area contributed by atoms with Crippen LogP contribution >= 0.6 is 0 Å². The Morgan fingerprint density at radius 2 is 2.22 bits per heavy atom. The van der Waals surface area contributed by atoms with E-state index >= 15 is 0 Å². The number of ether oxygens (including phenoxy) is 2. The summed E-state index contributed by atoms with van der Waals surface area (Å²) in [5.41, 5.74) is 1.72. The lowest BCUT2D eigenvalue weighted by atomic mass is 9.87. The first-order valence-corrected chi connectivity index (χ1v) is 5.86. The van der Waals surface area contributed by atoms with E-state index in [1.807, 2.05) is 6.07 Å². The number of fused-ring (bicyclic) bond motifs is 1. The predicted molar refractivity (Wildman–Crippen MR) is 62.0 cm³/mol. The van der Waals surface area contributed by atoms with Crippen LogP contribution in [0.15, 0.2) is 18.2 Å². The lowest BCUT2D eigenvalue weighted by molar-refractivity contribution is -0.0827. The number of hydrogen-bond donors (Lipinski definition) is 1. The van der Waals surface area contributed by atoms with Crippen LogP contribution in [-0.2, 0) is 11.2 Å². The summed E-state index contributed by atoms with van der Waals surface area (Å²) in [5.74, 6) is 0.730. The SMILES string of the molecule is COc1ccc2c(c1)CCC(OCC(F)F)C2O. The van der Waals surface area contributed by atoms with Crippen molar-refractivity contribution in [3.05, 3.63) is 29.3 Å². The Labute approximate surface area is 104 Å². The quantitative estimate of drug-likeness (QED) is 0.900. The van der Waals surface area contributed by atoms with E-state index in [1.54, 1.807) is 19.2 Å². The highest BCUT2D eigenvalue weighted by molar-refractivity contribution is 5.39. The third kappa shape index (κ3) is 2.79. The lowest BCUT2D eigenvalue weighted by Gasteiger charge is -2.30. The molecule has 0 fully saturated rings. The summed E-state index contributed by atoms with van der Waals surface area (Å²) in [5, 5.41) is 10.1. The number of methoxy groups -OCH3 is 1. The third-order valence-electron chi connectivity index (χ3n) is 3.16. The molecule has 3 nitrogen and oxygen atoms in total. The molecule has 0 spiro atoms. The molecule has 0 radical (unpaired) electrons. The van der Waals surface area contributed by atoms with E-state index in [1.165, 1.54) is 0 Å². The van der Waals surface area contributed by atoms with E-state index in [0.29, 0.717) is 12.8 Å². The van der Waals surface area contributed by atoms with Gasteiger partial charge in [0.2, 0.25) is 0 Å². The Balaban J connectivity index is 2.10. The zero-order valence-corrected chi connectivity index (χ0v) is 10.1. The van der Waals surface area contributed by atoms with Gasteiger partial charge in [0, 0.05) is 0 Å². The molecule has 1 N–H and O–H groups in total. The van der Waals surface area contributed by atoms with Crippen molar-refractivity contribution in [1.82, 2.24) is 0 Å². The summed E-state index contributed by atoms with van der Waals surface area (Å²) in [6, 6.07) is 5.37. The molecule has 0 bridgehead atoms. The maximum Gasteiger partial charge on any atom is 0.261 e. The fraction of sp³-hybridized carbons (Fsp3) is 0.538. The number of aliphatic hydroxyl groups excluding tert-OH is 1. The zero-order chi connectivity index (χ0) is 13.1. The highest BCUT2D eigenvalue weighted by Crippen LogP contribution is 2.33. The van der Waals surface area contributed by atoms with Crippen LogP contribution < -0.4 is 4.74 Å². The largest absolute Gasteiger partial charge is 0.497 e. The molecule has 1 aromatic carbocycles. The van der Waals surface area contributed by atoms with Gasteiger partial charge in [0.25, 0.3) is 6.43 Å². The van der Waals surface area contributed by atoms with Gasteiger partial charge in [0.1, 0.15) is 18.5 Å². The minimum absolute atomic E-state index is 0.536. The molecule has 2 rings (SSSR count). The molecule has 100 valence electrons. The molecule has 0 amide bonds. The number of aryl methyl sites for hydroxylation is 1. The molecule has 2 unspecified atom stereocenters. The summed E-state index contributed by atoms with van der Waals surface area (Å²) >= 11 is 0. The molecule has 0 saturated carbocycles. The first-order valence-electron chi connectivity index (χ1n) is 5.86. The molecule has 0 aliphatic heterocycles. The third-order valence-corrected chi connectivity index (χ3v) is 3.16. The van der Waals surface area contributed by atoms with Crippen LogP contribution in [0.5, 0.6) is 5.75 Å². The van der Waals surface area contributed by atoms with Crippen molar-refractivity contribution in [1.29, 1.82) is 0 Å². The van der Waals surface area contributed by atoms with Gasteiger partial charge in [0.15, 0.2) is 0 Å². The highest BCUT2D eigenvalue weighted by Gasteiger charge is 2.29. The lowest BCUT2D eigenvalue weighted by Crippen LogP contribution is -2.29. The monoisotopic (exact) mass is 258 g/mol. The van der Waals surface area contributed by atoms with E-state index in [9.17, 15) is 13.9 Å². The van der Waals surface area contributed by atoms with Crippen LogP contribution in [0.25, 0.3) is 0 Å². The van der Waals surface area contributed by atoms with Crippen LogP contribution in [0.4, 0.5) is 8.78 Å². The van der Waals surface area contributed by atoms with Crippen molar-refractivity contribution >= 4 is 0 Å². The number of rotatable bonds is 4. The van der Waals surface area contributed by atoms with Crippen molar-refractivity contribution in [3.63, 3.8) is 0 Å². The molecule has 0 saturated heterocycles. The smallest absolute Gasteiger partial charge is 0.261 e. The van der Waals surface area contributed by atoms with E-state index in [2.05, 4.69) is 0 Å². The second-order valence-corrected chi connectivity index (χ2v) is 4.31. The summed E-state index contributed by atoms with van der Waals surface area (Å²) < 4.78 is 34.3. The van der Waals surface area contributed by atoms with Crippen LogP contribution in [0.3, 0.4) is 0 Å². The van der Waals surface area contributed by atoms with Gasteiger partial charge < -0.3 is 14.6 Å². The molecule has 0 aromatic heterocycles. The highest BCUT2D eigenvalue weighted by atomic mass is 19.3. The Morgan fingerprint density at radius 3 is 2.89 bits per heavy atom. The second-order valence-electron chi connectivity index (χ2n) is 4.31. The van der Waals surface area contributed by atoms with E-state index in [0.717, 1.165) is 16.9 Å². The fourth-order valence-electron chi connectivity index (χ4n) is 2.24. The summed E-state index contributed by atoms with van der Waals surface area (Å²) in [4.78, 5) is 0. The number of hydrogen-bond acceptors (Lipinski definition) is 3. The molecule has 5 heteroatoms. The standard InChI is InChI=1S/C13H16F2O3/c1-17-9-3-4-10-8(6-9)2-5-11(13(10)16)18-7-12(14)15/h3-4,6,11-13,16H,2,5,7H2,1H3. The first kappa shape index (κ1) is 13.2. The maximum atomic E-state index is 12.1. The summed E-state index contributed by atoms with van der Waals surface area (Å²) in [7, 11) is 1.58. The van der Waals surface area contributed by atoms with E-state index < -0.39 is 25.2 Å². The zero-order valence-electron chi connectivity index (χ0n) is 10.1. The Hall–Kier alpha value is -1.20. The average Bonchev–Trinajstić information content (AvgIpc) is 2.37. The van der Waals surface area contributed by atoms with Gasteiger partial charge in [-0.25, -0.2) is 8.78 Å². The number of benzene rings is 1. The predicted octanol–water partition coefficient (Wildman–Crippen LogP) is 2.33. The molecule has 18 heavy (non-hydrogen) atoms. The van der Waals surface area contributed by atoms with Crippen LogP contribution in [0, 0.1) is 0 Å². The van der Waals surface area contributed by atoms with Crippen molar-refractivity contribution in [2.24, 2.45) is 0 Å². The molecular weight excluding hydrogens is 242 g/mol. The van der Waals surface area contributed by atoms with E-state index in [4.69, 9.17) is 9.47 Å². The number of halogens is 2. The van der Waals surface area contributed by atoms with Crippen LogP contribution in [0.1, 0.15) is 23.7 Å². The van der Waals surface area contributed by atoms with Gasteiger partial charge in [-0.3, -0.25) is 0 Å². The number of aliphatic hydroxyl groups is 1. The Kier molecular flexibility index (Phi) is 4.14. The minimum Gasteiger partial charge on any atom is -0.497 e. The fourth-order valence-corrected chi connectivity index (χ4v) is 2.24. The van der Waals surface area contributed by atoms with Gasteiger partial charge in [-0.15, -0.1) is 0 Å². The molecule has 2 atom stereocenters. The maximum absolute atomic E-state index is 12.1. The van der Waals surface area contributed by atoms with Crippen LogP contribution in [-0.4, -0.2) is 31.4 Å². The van der Waals surface area contributed by atoms with Crippen molar-refractivity contribution < 1.29 is 23.4 Å². The Bertz CT molecular complexity index is 409. The molecule has 1 aliphatic carbocycles.